The first kappa shape index (κ1) is 14.9. The number of pyridine rings is 1. The molecular formula is C13H9Cl2F3N2. The van der Waals surface area contributed by atoms with Crippen LogP contribution in [0.2, 0.25) is 10.0 Å². The van der Waals surface area contributed by atoms with E-state index in [4.69, 9.17) is 23.2 Å². The summed E-state index contributed by atoms with van der Waals surface area (Å²) in [7, 11) is 1.50. The number of nitrogens with zero attached hydrogens (tertiary/aromatic N) is 1. The standard InChI is InChI=1S/C13H9Cl2F3N2/c1-19-12-6-8(13(16,17)18)5-11(20-12)7-2-3-9(14)10(15)4-7/h2-6H,1H3,(H,19,20). The molecule has 0 unspecified atom stereocenters. The van der Waals surface area contributed by atoms with Crippen LogP contribution < -0.4 is 5.32 Å². The lowest BCUT2D eigenvalue weighted by atomic mass is 10.1. The molecule has 0 aliphatic rings. The van der Waals surface area contributed by atoms with E-state index in [2.05, 4.69) is 10.3 Å². The molecule has 0 radical (unpaired) electrons. The summed E-state index contributed by atoms with van der Waals surface area (Å²) in [6.07, 6.45) is -4.44. The molecule has 0 spiro atoms. The van der Waals surface area contributed by atoms with Crippen LogP contribution in [0.25, 0.3) is 11.3 Å². The van der Waals surface area contributed by atoms with Gasteiger partial charge in [0, 0.05) is 12.6 Å². The number of halogens is 5. The summed E-state index contributed by atoms with van der Waals surface area (Å²) in [5, 5.41) is 3.19. The van der Waals surface area contributed by atoms with E-state index in [0.29, 0.717) is 10.6 Å². The van der Waals surface area contributed by atoms with Gasteiger partial charge in [0.15, 0.2) is 0 Å². The second-order valence-electron chi connectivity index (χ2n) is 4.00. The van der Waals surface area contributed by atoms with Gasteiger partial charge in [-0.05, 0) is 24.3 Å². The predicted octanol–water partition coefficient (Wildman–Crippen LogP) is 5.12. The van der Waals surface area contributed by atoms with E-state index in [1.807, 2.05) is 0 Å². The maximum atomic E-state index is 12.8. The third-order valence-corrected chi connectivity index (χ3v) is 3.36. The van der Waals surface area contributed by atoms with Gasteiger partial charge in [-0.25, -0.2) is 4.98 Å². The minimum Gasteiger partial charge on any atom is -0.373 e. The third kappa shape index (κ3) is 3.16. The van der Waals surface area contributed by atoms with Gasteiger partial charge in [-0.2, -0.15) is 13.2 Å². The summed E-state index contributed by atoms with van der Waals surface area (Å²) >= 11 is 11.7. The van der Waals surface area contributed by atoms with Crippen LogP contribution in [0, 0.1) is 0 Å². The van der Waals surface area contributed by atoms with E-state index < -0.39 is 11.7 Å². The molecule has 0 atom stereocenters. The second kappa shape index (κ2) is 5.50. The molecule has 0 fully saturated rings. The molecule has 106 valence electrons. The Morgan fingerprint density at radius 3 is 2.30 bits per heavy atom. The highest BCUT2D eigenvalue weighted by atomic mass is 35.5. The van der Waals surface area contributed by atoms with Crippen LogP contribution in [0.3, 0.4) is 0 Å². The number of rotatable bonds is 2. The van der Waals surface area contributed by atoms with Crippen molar-refractivity contribution < 1.29 is 13.2 Å². The topological polar surface area (TPSA) is 24.9 Å². The number of hydrogen-bond donors (Lipinski definition) is 1. The lowest BCUT2D eigenvalue weighted by Gasteiger charge is -2.11. The molecule has 0 aliphatic carbocycles. The van der Waals surface area contributed by atoms with E-state index in [1.165, 1.54) is 19.2 Å². The quantitative estimate of drug-likeness (QED) is 0.831. The van der Waals surface area contributed by atoms with E-state index in [-0.39, 0.29) is 16.5 Å². The van der Waals surface area contributed by atoms with Crippen molar-refractivity contribution in [2.75, 3.05) is 12.4 Å². The molecule has 2 aromatic rings. The number of anilines is 1. The maximum absolute atomic E-state index is 12.8. The monoisotopic (exact) mass is 320 g/mol. The lowest BCUT2D eigenvalue weighted by Crippen LogP contribution is -2.07. The summed E-state index contributed by atoms with van der Waals surface area (Å²) in [6.45, 7) is 0. The van der Waals surface area contributed by atoms with Crippen molar-refractivity contribution in [1.82, 2.24) is 4.98 Å². The molecule has 0 aliphatic heterocycles. The molecule has 0 saturated heterocycles. The number of alkyl halides is 3. The Labute approximate surface area is 123 Å². The average Bonchev–Trinajstić information content (AvgIpc) is 2.40. The molecule has 20 heavy (non-hydrogen) atoms. The molecule has 0 amide bonds. The molecule has 1 aromatic carbocycles. The van der Waals surface area contributed by atoms with Crippen LogP contribution in [0.15, 0.2) is 30.3 Å². The Bertz CT molecular complexity index is 642. The zero-order valence-electron chi connectivity index (χ0n) is 10.2. The molecule has 1 aromatic heterocycles. The van der Waals surface area contributed by atoms with Gasteiger partial charge < -0.3 is 5.32 Å². The smallest absolute Gasteiger partial charge is 0.373 e. The molecule has 0 bridgehead atoms. The molecule has 2 rings (SSSR count). The number of nitrogens with one attached hydrogen (secondary N) is 1. The van der Waals surface area contributed by atoms with Crippen molar-refractivity contribution in [3.05, 3.63) is 45.9 Å². The van der Waals surface area contributed by atoms with Gasteiger partial charge in [0.1, 0.15) is 5.82 Å². The van der Waals surface area contributed by atoms with Crippen molar-refractivity contribution in [3.63, 3.8) is 0 Å². The Morgan fingerprint density at radius 1 is 1.05 bits per heavy atom. The lowest BCUT2D eigenvalue weighted by molar-refractivity contribution is -0.137. The fourth-order valence-corrected chi connectivity index (χ4v) is 1.92. The fourth-order valence-electron chi connectivity index (χ4n) is 1.63. The van der Waals surface area contributed by atoms with Gasteiger partial charge in [0.05, 0.1) is 21.3 Å². The second-order valence-corrected chi connectivity index (χ2v) is 4.82. The average molecular weight is 321 g/mol. The highest BCUT2D eigenvalue weighted by Gasteiger charge is 2.31. The van der Waals surface area contributed by atoms with Gasteiger partial charge in [-0.1, -0.05) is 29.3 Å². The normalized spacial score (nSPS) is 11.5. The summed E-state index contributed by atoms with van der Waals surface area (Å²) < 4.78 is 38.5. The number of hydrogen-bond acceptors (Lipinski definition) is 2. The van der Waals surface area contributed by atoms with Crippen LogP contribution in [0.1, 0.15) is 5.56 Å². The first-order chi connectivity index (χ1) is 9.31. The van der Waals surface area contributed by atoms with Gasteiger partial charge in [-0.3, -0.25) is 0 Å². The maximum Gasteiger partial charge on any atom is 0.416 e. The van der Waals surface area contributed by atoms with Crippen molar-refractivity contribution in [1.29, 1.82) is 0 Å². The van der Waals surface area contributed by atoms with Crippen LogP contribution >= 0.6 is 23.2 Å². The third-order valence-electron chi connectivity index (χ3n) is 2.62. The van der Waals surface area contributed by atoms with Gasteiger partial charge in [0.25, 0.3) is 0 Å². The molecule has 2 nitrogen and oxygen atoms in total. The predicted molar refractivity (Wildman–Crippen MR) is 74.2 cm³/mol. The highest BCUT2D eigenvalue weighted by Crippen LogP contribution is 2.34. The van der Waals surface area contributed by atoms with Crippen LogP contribution in [0.4, 0.5) is 19.0 Å². The van der Waals surface area contributed by atoms with Crippen molar-refractivity contribution in [2.24, 2.45) is 0 Å². The minimum atomic E-state index is -4.44. The Kier molecular flexibility index (Phi) is 4.11. The zero-order valence-corrected chi connectivity index (χ0v) is 11.7. The van der Waals surface area contributed by atoms with Crippen LogP contribution in [0.5, 0.6) is 0 Å². The van der Waals surface area contributed by atoms with Gasteiger partial charge >= 0.3 is 6.18 Å². The first-order valence-electron chi connectivity index (χ1n) is 5.53. The molecule has 7 heteroatoms. The zero-order chi connectivity index (χ0) is 14.9. The van der Waals surface area contributed by atoms with E-state index >= 15 is 0 Å². The van der Waals surface area contributed by atoms with Crippen molar-refractivity contribution >= 4 is 29.0 Å². The highest BCUT2D eigenvalue weighted by molar-refractivity contribution is 6.42. The Hall–Kier alpha value is -1.46. The van der Waals surface area contributed by atoms with Crippen molar-refractivity contribution in [3.8, 4) is 11.3 Å². The van der Waals surface area contributed by atoms with Gasteiger partial charge in [-0.15, -0.1) is 0 Å². The molecule has 0 saturated carbocycles. The number of aromatic nitrogens is 1. The molecule has 1 N–H and O–H groups in total. The van der Waals surface area contributed by atoms with Crippen LogP contribution in [-0.2, 0) is 6.18 Å². The fraction of sp³-hybridized carbons (Fsp3) is 0.154. The van der Waals surface area contributed by atoms with Gasteiger partial charge in [0.2, 0.25) is 0 Å². The van der Waals surface area contributed by atoms with E-state index in [9.17, 15) is 13.2 Å². The molecule has 1 heterocycles. The summed E-state index contributed by atoms with van der Waals surface area (Å²) in [5.41, 5.74) is -0.150. The Balaban J connectivity index is 2.58. The van der Waals surface area contributed by atoms with E-state index in [1.54, 1.807) is 6.07 Å². The summed E-state index contributed by atoms with van der Waals surface area (Å²) in [5.74, 6) is 0.126. The van der Waals surface area contributed by atoms with Crippen molar-refractivity contribution in [2.45, 2.75) is 6.18 Å². The number of benzene rings is 1. The first-order valence-corrected chi connectivity index (χ1v) is 6.29. The van der Waals surface area contributed by atoms with Crippen LogP contribution in [-0.4, -0.2) is 12.0 Å². The SMILES string of the molecule is CNc1cc(C(F)(F)F)cc(-c2ccc(Cl)c(Cl)c2)n1. The van der Waals surface area contributed by atoms with E-state index in [0.717, 1.165) is 12.1 Å². The molecular weight excluding hydrogens is 312 g/mol. The largest absolute Gasteiger partial charge is 0.416 e. The minimum absolute atomic E-state index is 0.126. The summed E-state index contributed by atoms with van der Waals surface area (Å²) in [4.78, 5) is 4.09. The summed E-state index contributed by atoms with van der Waals surface area (Å²) in [6, 6.07) is 6.48. The Morgan fingerprint density at radius 2 is 1.75 bits per heavy atom.